The number of benzene rings is 1. The summed E-state index contributed by atoms with van der Waals surface area (Å²) in [6, 6.07) is 10.2. The highest BCUT2D eigenvalue weighted by atomic mass is 35.5. The topological polar surface area (TPSA) is 39.1 Å². The maximum atomic E-state index is 8.92. The molecule has 3 nitrogen and oxygen atoms in total. The molecule has 1 unspecified atom stereocenters. The molecule has 1 aromatic carbocycles. The summed E-state index contributed by atoms with van der Waals surface area (Å²) in [5, 5.41) is 12.3. The van der Waals surface area contributed by atoms with Crippen molar-refractivity contribution in [2.45, 2.75) is 18.4 Å². The molecular formula is C18H23Cl2N3. The third-order valence-electron chi connectivity index (χ3n) is 4.47. The van der Waals surface area contributed by atoms with E-state index in [0.29, 0.717) is 0 Å². The molecule has 1 saturated heterocycles. The summed E-state index contributed by atoms with van der Waals surface area (Å²) >= 11 is 0. The van der Waals surface area contributed by atoms with Crippen LogP contribution in [0.2, 0.25) is 0 Å². The molecule has 3 rings (SSSR count). The first-order valence-corrected chi connectivity index (χ1v) is 7.62. The van der Waals surface area contributed by atoms with Crippen molar-refractivity contribution >= 4 is 24.8 Å². The molecule has 23 heavy (non-hydrogen) atoms. The van der Waals surface area contributed by atoms with Gasteiger partial charge < -0.3 is 5.32 Å². The van der Waals surface area contributed by atoms with Crippen LogP contribution in [-0.2, 0) is 6.42 Å². The van der Waals surface area contributed by atoms with Crippen LogP contribution in [0, 0.1) is 11.3 Å². The molecule has 2 aliphatic rings. The Morgan fingerprint density at radius 3 is 2.35 bits per heavy atom. The summed E-state index contributed by atoms with van der Waals surface area (Å²) in [4.78, 5) is 2.60. The van der Waals surface area contributed by atoms with Crippen LogP contribution in [0.5, 0.6) is 0 Å². The fourth-order valence-electron chi connectivity index (χ4n) is 3.29. The van der Waals surface area contributed by atoms with Crippen LogP contribution in [0.4, 0.5) is 0 Å². The molecule has 1 aromatic rings. The van der Waals surface area contributed by atoms with E-state index in [1.54, 1.807) is 0 Å². The minimum absolute atomic E-state index is 0. The lowest BCUT2D eigenvalue weighted by Gasteiger charge is -2.45. The SMILES string of the molecule is Cl.Cl.N#Cc1ccc(CC2(N3CCNCC3)C=CC=CC2)cc1. The van der Waals surface area contributed by atoms with Gasteiger partial charge in [-0.25, -0.2) is 0 Å². The molecule has 5 heteroatoms. The van der Waals surface area contributed by atoms with Gasteiger partial charge in [-0.15, -0.1) is 24.8 Å². The average molecular weight is 352 g/mol. The van der Waals surface area contributed by atoms with Gasteiger partial charge in [-0.1, -0.05) is 36.4 Å². The number of hydrogen-bond acceptors (Lipinski definition) is 3. The third kappa shape index (κ3) is 4.59. The number of nitrogens with one attached hydrogen (secondary N) is 1. The zero-order valence-corrected chi connectivity index (χ0v) is 14.7. The molecule has 0 spiro atoms. The van der Waals surface area contributed by atoms with E-state index in [2.05, 4.69) is 52.7 Å². The van der Waals surface area contributed by atoms with Crippen LogP contribution in [-0.4, -0.2) is 36.6 Å². The first-order chi connectivity index (χ1) is 10.3. The fourth-order valence-corrected chi connectivity index (χ4v) is 3.29. The minimum atomic E-state index is 0. The van der Waals surface area contributed by atoms with Crippen molar-refractivity contribution in [2.24, 2.45) is 0 Å². The number of nitrogens with zero attached hydrogens (tertiary/aromatic N) is 2. The van der Waals surface area contributed by atoms with Gasteiger partial charge in [0.05, 0.1) is 11.6 Å². The average Bonchev–Trinajstić information content (AvgIpc) is 2.57. The van der Waals surface area contributed by atoms with Gasteiger partial charge in [0.1, 0.15) is 0 Å². The number of rotatable bonds is 3. The zero-order valence-electron chi connectivity index (χ0n) is 13.1. The maximum Gasteiger partial charge on any atom is 0.0991 e. The second-order valence-corrected chi connectivity index (χ2v) is 5.82. The van der Waals surface area contributed by atoms with Gasteiger partial charge in [0.2, 0.25) is 0 Å². The van der Waals surface area contributed by atoms with Crippen molar-refractivity contribution in [1.29, 1.82) is 5.26 Å². The number of piperazine rings is 1. The number of allylic oxidation sites excluding steroid dienone is 2. The normalized spacial score (nSPS) is 23.4. The van der Waals surface area contributed by atoms with E-state index in [1.807, 2.05) is 12.1 Å². The van der Waals surface area contributed by atoms with Gasteiger partial charge in [0.15, 0.2) is 0 Å². The Morgan fingerprint density at radius 1 is 1.09 bits per heavy atom. The van der Waals surface area contributed by atoms with Crippen molar-refractivity contribution in [3.8, 4) is 6.07 Å². The van der Waals surface area contributed by atoms with Gasteiger partial charge in [0, 0.05) is 31.7 Å². The second-order valence-electron chi connectivity index (χ2n) is 5.82. The lowest BCUT2D eigenvalue weighted by Crippen LogP contribution is -2.56. The molecule has 1 N–H and O–H groups in total. The summed E-state index contributed by atoms with van der Waals surface area (Å²) in [5.74, 6) is 0. The van der Waals surface area contributed by atoms with Gasteiger partial charge >= 0.3 is 0 Å². The molecule has 1 fully saturated rings. The molecule has 1 aliphatic heterocycles. The first kappa shape index (κ1) is 19.7. The number of nitriles is 1. The summed E-state index contributed by atoms with van der Waals surface area (Å²) < 4.78 is 0. The Hall–Kier alpha value is -1.31. The Morgan fingerprint density at radius 2 is 1.78 bits per heavy atom. The predicted molar refractivity (Wildman–Crippen MR) is 99.4 cm³/mol. The Labute approximate surface area is 150 Å². The fraction of sp³-hybridized carbons (Fsp3) is 0.389. The molecular weight excluding hydrogens is 329 g/mol. The van der Waals surface area contributed by atoms with Crippen molar-refractivity contribution in [3.05, 3.63) is 59.7 Å². The van der Waals surface area contributed by atoms with E-state index in [0.717, 1.165) is 44.6 Å². The van der Waals surface area contributed by atoms with Crippen LogP contribution < -0.4 is 5.32 Å². The highest BCUT2D eigenvalue weighted by molar-refractivity contribution is 5.85. The molecule has 0 bridgehead atoms. The van der Waals surface area contributed by atoms with Crippen molar-refractivity contribution in [1.82, 2.24) is 10.2 Å². The van der Waals surface area contributed by atoms with Crippen molar-refractivity contribution in [2.75, 3.05) is 26.2 Å². The highest BCUT2D eigenvalue weighted by Gasteiger charge is 2.34. The van der Waals surface area contributed by atoms with E-state index < -0.39 is 0 Å². The predicted octanol–water partition coefficient (Wildman–Crippen LogP) is 3.10. The lowest BCUT2D eigenvalue weighted by molar-refractivity contribution is 0.113. The molecule has 0 saturated carbocycles. The monoisotopic (exact) mass is 351 g/mol. The second kappa shape index (κ2) is 9.10. The van der Waals surface area contributed by atoms with Crippen LogP contribution in [0.15, 0.2) is 48.6 Å². The van der Waals surface area contributed by atoms with Crippen LogP contribution in [0.25, 0.3) is 0 Å². The van der Waals surface area contributed by atoms with E-state index in [1.165, 1.54) is 5.56 Å². The van der Waals surface area contributed by atoms with E-state index in [-0.39, 0.29) is 30.4 Å². The summed E-state index contributed by atoms with van der Waals surface area (Å²) in [6.45, 7) is 4.31. The molecule has 0 amide bonds. The quantitative estimate of drug-likeness (QED) is 0.909. The standard InChI is InChI=1S/C18H21N3.2ClH/c19-15-17-6-4-16(5-7-17)14-18(8-2-1-3-9-18)21-12-10-20-11-13-21;;/h1-8,20H,9-14H2;2*1H. The van der Waals surface area contributed by atoms with Gasteiger partial charge in [-0.05, 0) is 30.5 Å². The molecule has 124 valence electrons. The van der Waals surface area contributed by atoms with Crippen LogP contribution in [0.3, 0.4) is 0 Å². The molecule has 1 heterocycles. The Bertz CT molecular complexity index is 583. The van der Waals surface area contributed by atoms with E-state index in [9.17, 15) is 0 Å². The lowest BCUT2D eigenvalue weighted by atomic mass is 9.82. The van der Waals surface area contributed by atoms with Crippen LogP contribution >= 0.6 is 24.8 Å². The van der Waals surface area contributed by atoms with Gasteiger partial charge in [0.25, 0.3) is 0 Å². The summed E-state index contributed by atoms with van der Waals surface area (Å²) in [5.41, 5.74) is 2.12. The third-order valence-corrected chi connectivity index (χ3v) is 4.47. The molecule has 0 aromatic heterocycles. The number of halogens is 2. The smallest absolute Gasteiger partial charge is 0.0991 e. The molecule has 1 atom stereocenters. The largest absolute Gasteiger partial charge is 0.314 e. The Balaban J connectivity index is 0.00000132. The zero-order chi connectivity index (χ0) is 14.5. The first-order valence-electron chi connectivity index (χ1n) is 7.62. The van der Waals surface area contributed by atoms with Crippen molar-refractivity contribution < 1.29 is 0 Å². The van der Waals surface area contributed by atoms with E-state index >= 15 is 0 Å². The Kier molecular flexibility index (Phi) is 7.81. The minimum Gasteiger partial charge on any atom is -0.314 e. The molecule has 0 radical (unpaired) electrons. The number of hydrogen-bond donors (Lipinski definition) is 1. The van der Waals surface area contributed by atoms with Gasteiger partial charge in [-0.3, -0.25) is 4.90 Å². The van der Waals surface area contributed by atoms with E-state index in [4.69, 9.17) is 5.26 Å². The summed E-state index contributed by atoms with van der Waals surface area (Å²) in [6.07, 6.45) is 11.0. The molecule has 1 aliphatic carbocycles. The highest BCUT2D eigenvalue weighted by Crippen LogP contribution is 2.30. The summed E-state index contributed by atoms with van der Waals surface area (Å²) in [7, 11) is 0. The van der Waals surface area contributed by atoms with Gasteiger partial charge in [-0.2, -0.15) is 5.26 Å². The van der Waals surface area contributed by atoms with Crippen molar-refractivity contribution in [3.63, 3.8) is 0 Å². The maximum absolute atomic E-state index is 8.92. The van der Waals surface area contributed by atoms with Crippen LogP contribution in [0.1, 0.15) is 17.5 Å².